The molecule has 0 aromatic carbocycles. The van der Waals surface area contributed by atoms with Crippen molar-refractivity contribution in [2.75, 3.05) is 6.61 Å². The SMILES string of the molecule is CC(C)[C@H](NC(=O)[C@@H](N)CO)C(=O)N[C@H](C(=O)O)[C@@H](C)O. The van der Waals surface area contributed by atoms with Crippen molar-refractivity contribution in [2.45, 2.75) is 45.0 Å². The third-order valence-corrected chi connectivity index (χ3v) is 2.83. The van der Waals surface area contributed by atoms with Gasteiger partial charge in [-0.25, -0.2) is 4.79 Å². The molecule has 0 radical (unpaired) electrons. The van der Waals surface area contributed by atoms with Crippen molar-refractivity contribution in [2.24, 2.45) is 11.7 Å². The second kappa shape index (κ2) is 8.55. The largest absolute Gasteiger partial charge is 0.480 e. The maximum Gasteiger partial charge on any atom is 0.328 e. The Hall–Kier alpha value is -1.71. The van der Waals surface area contributed by atoms with Gasteiger partial charge >= 0.3 is 5.97 Å². The fourth-order valence-electron chi connectivity index (χ4n) is 1.51. The van der Waals surface area contributed by atoms with Gasteiger partial charge in [0.2, 0.25) is 11.8 Å². The first kappa shape index (κ1) is 19.3. The highest BCUT2D eigenvalue weighted by Crippen LogP contribution is 2.04. The first-order valence-corrected chi connectivity index (χ1v) is 6.49. The van der Waals surface area contributed by atoms with Crippen LogP contribution in [0.1, 0.15) is 20.8 Å². The van der Waals surface area contributed by atoms with Gasteiger partial charge < -0.3 is 31.7 Å². The Balaban J connectivity index is 4.92. The lowest BCUT2D eigenvalue weighted by molar-refractivity contribution is -0.145. The minimum absolute atomic E-state index is 0.344. The third kappa shape index (κ3) is 6.06. The number of rotatable bonds is 8. The number of carboxylic acid groups (broad SMARTS) is 1. The van der Waals surface area contributed by atoms with E-state index in [4.69, 9.17) is 15.9 Å². The zero-order valence-corrected chi connectivity index (χ0v) is 12.2. The molecule has 0 spiro atoms. The van der Waals surface area contributed by atoms with Gasteiger partial charge in [0.25, 0.3) is 0 Å². The molecule has 0 aliphatic carbocycles. The van der Waals surface area contributed by atoms with Gasteiger partial charge in [-0.1, -0.05) is 13.8 Å². The van der Waals surface area contributed by atoms with Crippen LogP contribution < -0.4 is 16.4 Å². The molecular formula is C12H23N3O6. The van der Waals surface area contributed by atoms with E-state index >= 15 is 0 Å². The Morgan fingerprint density at radius 1 is 1.05 bits per heavy atom. The average molecular weight is 305 g/mol. The number of carboxylic acids is 1. The molecule has 4 atom stereocenters. The third-order valence-electron chi connectivity index (χ3n) is 2.83. The van der Waals surface area contributed by atoms with E-state index in [1.54, 1.807) is 13.8 Å². The van der Waals surface area contributed by atoms with Crippen molar-refractivity contribution >= 4 is 17.8 Å². The van der Waals surface area contributed by atoms with E-state index in [1.807, 2.05) is 0 Å². The van der Waals surface area contributed by atoms with Gasteiger partial charge in [-0.3, -0.25) is 9.59 Å². The van der Waals surface area contributed by atoms with Crippen LogP contribution in [0.3, 0.4) is 0 Å². The fourth-order valence-corrected chi connectivity index (χ4v) is 1.51. The monoisotopic (exact) mass is 305 g/mol. The van der Waals surface area contributed by atoms with Crippen LogP contribution in [0, 0.1) is 5.92 Å². The number of nitrogens with two attached hydrogens (primary N) is 1. The maximum absolute atomic E-state index is 12.0. The topological polar surface area (TPSA) is 162 Å². The van der Waals surface area contributed by atoms with Crippen molar-refractivity contribution in [3.63, 3.8) is 0 Å². The summed E-state index contributed by atoms with van der Waals surface area (Å²) in [7, 11) is 0. The van der Waals surface area contributed by atoms with Gasteiger partial charge in [0, 0.05) is 0 Å². The van der Waals surface area contributed by atoms with Crippen LogP contribution in [0.25, 0.3) is 0 Å². The molecule has 122 valence electrons. The lowest BCUT2D eigenvalue weighted by Gasteiger charge is -2.25. The van der Waals surface area contributed by atoms with E-state index in [2.05, 4.69) is 10.6 Å². The maximum atomic E-state index is 12.0. The fraction of sp³-hybridized carbons (Fsp3) is 0.750. The first-order chi connectivity index (χ1) is 9.61. The van der Waals surface area contributed by atoms with Gasteiger partial charge in [-0.05, 0) is 12.8 Å². The zero-order valence-electron chi connectivity index (χ0n) is 12.2. The molecule has 0 saturated carbocycles. The summed E-state index contributed by atoms with van der Waals surface area (Å²) in [5.41, 5.74) is 5.33. The van der Waals surface area contributed by atoms with E-state index in [0.717, 1.165) is 0 Å². The van der Waals surface area contributed by atoms with Gasteiger partial charge in [-0.15, -0.1) is 0 Å². The lowest BCUT2D eigenvalue weighted by Crippen LogP contribution is -2.58. The lowest BCUT2D eigenvalue weighted by atomic mass is 10.0. The number of nitrogens with one attached hydrogen (secondary N) is 2. The summed E-state index contributed by atoms with van der Waals surface area (Å²) in [6, 6.07) is -3.69. The Kier molecular flexibility index (Phi) is 7.85. The van der Waals surface area contributed by atoms with Crippen LogP contribution in [-0.2, 0) is 14.4 Å². The number of amides is 2. The smallest absolute Gasteiger partial charge is 0.328 e. The normalized spacial score (nSPS) is 16.7. The molecule has 2 amide bonds. The van der Waals surface area contributed by atoms with E-state index in [1.165, 1.54) is 6.92 Å². The Morgan fingerprint density at radius 2 is 1.52 bits per heavy atom. The molecule has 0 unspecified atom stereocenters. The summed E-state index contributed by atoms with van der Waals surface area (Å²) in [5.74, 6) is -3.21. The van der Waals surface area contributed by atoms with Crippen LogP contribution in [0.4, 0.5) is 0 Å². The summed E-state index contributed by atoms with van der Waals surface area (Å²) in [4.78, 5) is 34.6. The minimum Gasteiger partial charge on any atom is -0.480 e. The predicted molar refractivity (Wildman–Crippen MR) is 73.1 cm³/mol. The van der Waals surface area contributed by atoms with Gasteiger partial charge in [-0.2, -0.15) is 0 Å². The molecule has 0 rings (SSSR count). The quantitative estimate of drug-likeness (QED) is 0.286. The van der Waals surface area contributed by atoms with E-state index < -0.39 is 48.6 Å². The van der Waals surface area contributed by atoms with Crippen molar-refractivity contribution in [3.8, 4) is 0 Å². The summed E-state index contributed by atoms with van der Waals surface area (Å²) >= 11 is 0. The summed E-state index contributed by atoms with van der Waals surface area (Å²) in [6.45, 7) is 3.94. The average Bonchev–Trinajstić information content (AvgIpc) is 2.39. The van der Waals surface area contributed by atoms with Crippen LogP contribution in [-0.4, -0.2) is 63.9 Å². The molecular weight excluding hydrogens is 282 g/mol. The van der Waals surface area contributed by atoms with Crippen LogP contribution in [0.15, 0.2) is 0 Å². The Labute approximate surface area is 122 Å². The van der Waals surface area contributed by atoms with E-state index in [-0.39, 0.29) is 5.92 Å². The zero-order chi connectivity index (χ0) is 16.7. The Bertz CT molecular complexity index is 385. The highest BCUT2D eigenvalue weighted by Gasteiger charge is 2.31. The summed E-state index contributed by atoms with van der Waals surface area (Å²) in [5, 5.41) is 31.5. The van der Waals surface area contributed by atoms with Crippen LogP contribution in [0.2, 0.25) is 0 Å². The molecule has 7 N–H and O–H groups in total. The van der Waals surface area contributed by atoms with Gasteiger partial charge in [0.05, 0.1) is 12.7 Å². The van der Waals surface area contributed by atoms with Gasteiger partial charge in [0.15, 0.2) is 6.04 Å². The molecule has 9 heteroatoms. The van der Waals surface area contributed by atoms with E-state index in [9.17, 15) is 19.5 Å². The summed E-state index contributed by atoms with van der Waals surface area (Å²) in [6.07, 6.45) is -1.30. The number of aliphatic hydroxyl groups excluding tert-OH is 2. The second-order valence-corrected chi connectivity index (χ2v) is 5.08. The number of aliphatic hydroxyl groups is 2. The number of carbonyl (C=O) groups is 3. The highest BCUT2D eigenvalue weighted by molar-refractivity contribution is 5.92. The first-order valence-electron chi connectivity index (χ1n) is 6.49. The van der Waals surface area contributed by atoms with Crippen LogP contribution >= 0.6 is 0 Å². The molecule has 0 aliphatic heterocycles. The van der Waals surface area contributed by atoms with Crippen molar-refractivity contribution in [1.82, 2.24) is 10.6 Å². The van der Waals surface area contributed by atoms with Crippen molar-refractivity contribution in [1.29, 1.82) is 0 Å². The molecule has 9 nitrogen and oxygen atoms in total. The standard InChI is InChI=1S/C12H23N3O6/c1-5(2)8(14-10(18)7(13)4-16)11(19)15-9(6(3)17)12(20)21/h5-9,16-17H,4,13H2,1-3H3,(H,14,18)(H,15,19)(H,20,21)/t6-,7+,8+,9+/m1/s1. The van der Waals surface area contributed by atoms with E-state index in [0.29, 0.717) is 0 Å². The Morgan fingerprint density at radius 3 is 1.86 bits per heavy atom. The number of aliphatic carboxylic acids is 1. The van der Waals surface area contributed by atoms with Gasteiger partial charge in [0.1, 0.15) is 12.1 Å². The molecule has 0 saturated heterocycles. The molecule has 0 aromatic rings. The minimum atomic E-state index is -1.48. The predicted octanol–water partition coefficient (Wildman–Crippen LogP) is -2.60. The van der Waals surface area contributed by atoms with Crippen molar-refractivity contribution in [3.05, 3.63) is 0 Å². The number of hydrogen-bond donors (Lipinski definition) is 6. The van der Waals surface area contributed by atoms with Crippen LogP contribution in [0.5, 0.6) is 0 Å². The molecule has 0 fully saturated rings. The number of carbonyl (C=O) groups excluding carboxylic acids is 2. The van der Waals surface area contributed by atoms with Crippen molar-refractivity contribution < 1.29 is 29.7 Å². The molecule has 21 heavy (non-hydrogen) atoms. The highest BCUT2D eigenvalue weighted by atomic mass is 16.4. The molecule has 0 heterocycles. The molecule has 0 aromatic heterocycles. The number of hydrogen-bond acceptors (Lipinski definition) is 6. The molecule has 0 bridgehead atoms. The summed E-state index contributed by atoms with van der Waals surface area (Å²) < 4.78 is 0. The second-order valence-electron chi connectivity index (χ2n) is 5.08. The molecule has 0 aliphatic rings.